The Bertz CT molecular complexity index is 274. The van der Waals surface area contributed by atoms with E-state index in [1.54, 1.807) is 14.2 Å². The summed E-state index contributed by atoms with van der Waals surface area (Å²) in [5, 5.41) is 0.961. The average molecular weight is 245 g/mol. The van der Waals surface area contributed by atoms with E-state index in [1.165, 1.54) is 5.56 Å². The van der Waals surface area contributed by atoms with Gasteiger partial charge in [-0.25, -0.2) is 0 Å². The molecule has 0 saturated heterocycles. The Labute approximate surface area is 87.0 Å². The molecule has 1 rings (SSSR count). The molecule has 0 spiro atoms. The fraction of sp³-hybridized carbons (Fsp3) is 0.400. The monoisotopic (exact) mass is 244 g/mol. The highest BCUT2D eigenvalue weighted by atomic mass is 79.9. The average Bonchev–Trinajstić information content (AvgIpc) is 2.18. The summed E-state index contributed by atoms with van der Waals surface area (Å²) in [6.07, 6.45) is 1.00. The van der Waals surface area contributed by atoms with Crippen molar-refractivity contribution in [2.75, 3.05) is 19.5 Å². The van der Waals surface area contributed by atoms with E-state index >= 15 is 0 Å². The molecule has 0 aliphatic carbocycles. The fourth-order valence-electron chi connectivity index (χ4n) is 1.15. The summed E-state index contributed by atoms with van der Waals surface area (Å²) in [4.78, 5) is 0. The minimum Gasteiger partial charge on any atom is -0.493 e. The van der Waals surface area contributed by atoms with Crippen LogP contribution in [0.25, 0.3) is 0 Å². The van der Waals surface area contributed by atoms with Gasteiger partial charge in [0, 0.05) is 5.33 Å². The number of rotatable bonds is 4. The molecule has 0 atom stereocenters. The van der Waals surface area contributed by atoms with E-state index in [0.29, 0.717) is 0 Å². The van der Waals surface area contributed by atoms with E-state index < -0.39 is 0 Å². The van der Waals surface area contributed by atoms with E-state index in [9.17, 15) is 0 Å². The Morgan fingerprint density at radius 1 is 1.15 bits per heavy atom. The molecular formula is C10H13BrO2. The maximum atomic E-state index is 5.18. The maximum absolute atomic E-state index is 5.18. The molecule has 3 heteroatoms. The molecule has 0 amide bonds. The number of ether oxygens (including phenoxy) is 2. The van der Waals surface area contributed by atoms with Crippen molar-refractivity contribution in [1.82, 2.24) is 0 Å². The topological polar surface area (TPSA) is 18.5 Å². The van der Waals surface area contributed by atoms with Crippen molar-refractivity contribution in [2.24, 2.45) is 0 Å². The van der Waals surface area contributed by atoms with Gasteiger partial charge in [0.05, 0.1) is 14.2 Å². The van der Waals surface area contributed by atoms with Gasteiger partial charge in [-0.05, 0) is 24.1 Å². The van der Waals surface area contributed by atoms with Gasteiger partial charge in [-0.3, -0.25) is 0 Å². The van der Waals surface area contributed by atoms with Crippen molar-refractivity contribution in [3.05, 3.63) is 23.8 Å². The quantitative estimate of drug-likeness (QED) is 0.759. The fourth-order valence-corrected chi connectivity index (χ4v) is 1.60. The van der Waals surface area contributed by atoms with Crippen LogP contribution in [0.5, 0.6) is 11.5 Å². The van der Waals surface area contributed by atoms with Crippen molar-refractivity contribution in [2.45, 2.75) is 6.42 Å². The highest BCUT2D eigenvalue weighted by molar-refractivity contribution is 9.09. The lowest BCUT2D eigenvalue weighted by atomic mass is 10.1. The SMILES string of the molecule is COc1ccc(CCBr)cc1OC. The molecule has 0 bridgehead atoms. The largest absolute Gasteiger partial charge is 0.493 e. The standard InChI is InChI=1S/C10H13BrO2/c1-12-9-4-3-8(5-6-11)7-10(9)13-2/h3-4,7H,5-6H2,1-2H3. The number of hydrogen-bond acceptors (Lipinski definition) is 2. The Kier molecular flexibility index (Phi) is 4.09. The first-order valence-corrected chi connectivity index (χ1v) is 5.21. The third-order valence-corrected chi connectivity index (χ3v) is 2.23. The lowest BCUT2D eigenvalue weighted by molar-refractivity contribution is 0.354. The van der Waals surface area contributed by atoms with Gasteiger partial charge >= 0.3 is 0 Å². The minimum absolute atomic E-state index is 0.779. The smallest absolute Gasteiger partial charge is 0.160 e. The van der Waals surface area contributed by atoms with Gasteiger partial charge in [-0.1, -0.05) is 22.0 Å². The number of methoxy groups -OCH3 is 2. The van der Waals surface area contributed by atoms with E-state index in [4.69, 9.17) is 9.47 Å². The van der Waals surface area contributed by atoms with Crippen molar-refractivity contribution in [3.63, 3.8) is 0 Å². The molecule has 0 aliphatic heterocycles. The summed E-state index contributed by atoms with van der Waals surface area (Å²) in [6, 6.07) is 5.97. The molecule has 1 aromatic rings. The van der Waals surface area contributed by atoms with Gasteiger partial charge in [0.2, 0.25) is 0 Å². The summed E-state index contributed by atoms with van der Waals surface area (Å²) in [5.74, 6) is 1.57. The van der Waals surface area contributed by atoms with Crippen molar-refractivity contribution < 1.29 is 9.47 Å². The second-order valence-corrected chi connectivity index (χ2v) is 3.42. The molecule has 72 valence electrons. The number of aryl methyl sites for hydroxylation is 1. The molecule has 0 heterocycles. The van der Waals surface area contributed by atoms with Gasteiger partial charge < -0.3 is 9.47 Å². The minimum atomic E-state index is 0.779. The third kappa shape index (κ3) is 2.62. The van der Waals surface area contributed by atoms with Crippen LogP contribution in [0.15, 0.2) is 18.2 Å². The first-order chi connectivity index (χ1) is 6.31. The van der Waals surface area contributed by atoms with Gasteiger partial charge in [0.1, 0.15) is 0 Å². The summed E-state index contributed by atoms with van der Waals surface area (Å²) >= 11 is 3.40. The number of alkyl halides is 1. The van der Waals surface area contributed by atoms with Gasteiger partial charge in [-0.2, -0.15) is 0 Å². The molecule has 0 N–H and O–H groups in total. The van der Waals surface area contributed by atoms with Crippen molar-refractivity contribution in [3.8, 4) is 11.5 Å². The lowest BCUT2D eigenvalue weighted by Crippen LogP contribution is -1.93. The molecule has 0 aliphatic rings. The maximum Gasteiger partial charge on any atom is 0.160 e. The third-order valence-electron chi connectivity index (χ3n) is 1.83. The van der Waals surface area contributed by atoms with Gasteiger partial charge in [0.25, 0.3) is 0 Å². The normalized spacial score (nSPS) is 9.77. The van der Waals surface area contributed by atoms with Crippen LogP contribution in [-0.4, -0.2) is 19.5 Å². The van der Waals surface area contributed by atoms with Crippen LogP contribution in [0, 0.1) is 0 Å². The van der Waals surface area contributed by atoms with Crippen LogP contribution in [0.4, 0.5) is 0 Å². The molecule has 0 aromatic heterocycles. The highest BCUT2D eigenvalue weighted by Gasteiger charge is 2.03. The molecule has 13 heavy (non-hydrogen) atoms. The highest BCUT2D eigenvalue weighted by Crippen LogP contribution is 2.27. The van der Waals surface area contributed by atoms with E-state index in [2.05, 4.69) is 15.9 Å². The van der Waals surface area contributed by atoms with Crippen LogP contribution in [-0.2, 0) is 6.42 Å². The van der Waals surface area contributed by atoms with Crippen LogP contribution >= 0.6 is 15.9 Å². The van der Waals surface area contributed by atoms with Crippen LogP contribution in [0.2, 0.25) is 0 Å². The van der Waals surface area contributed by atoms with Crippen LogP contribution in [0.1, 0.15) is 5.56 Å². The summed E-state index contributed by atoms with van der Waals surface area (Å²) < 4.78 is 10.3. The predicted octanol–water partition coefficient (Wildman–Crippen LogP) is 2.64. The summed E-state index contributed by atoms with van der Waals surface area (Å²) in [5.41, 5.74) is 1.24. The molecular weight excluding hydrogens is 232 g/mol. The molecule has 1 aromatic carbocycles. The van der Waals surface area contributed by atoms with Crippen LogP contribution < -0.4 is 9.47 Å². The Balaban J connectivity index is 2.91. The molecule has 0 saturated carbocycles. The van der Waals surface area contributed by atoms with Crippen molar-refractivity contribution in [1.29, 1.82) is 0 Å². The lowest BCUT2D eigenvalue weighted by Gasteiger charge is -2.08. The first kappa shape index (κ1) is 10.4. The van der Waals surface area contributed by atoms with E-state index in [0.717, 1.165) is 23.2 Å². The van der Waals surface area contributed by atoms with Crippen molar-refractivity contribution >= 4 is 15.9 Å². The molecule has 0 fully saturated rings. The van der Waals surface area contributed by atoms with E-state index in [-0.39, 0.29) is 0 Å². The second kappa shape index (κ2) is 5.12. The second-order valence-electron chi connectivity index (χ2n) is 2.63. The zero-order valence-corrected chi connectivity index (χ0v) is 9.43. The molecule has 0 radical (unpaired) electrons. The summed E-state index contributed by atoms with van der Waals surface area (Å²) in [6.45, 7) is 0. The first-order valence-electron chi connectivity index (χ1n) is 4.08. The van der Waals surface area contributed by atoms with Crippen LogP contribution in [0.3, 0.4) is 0 Å². The van der Waals surface area contributed by atoms with Gasteiger partial charge in [-0.15, -0.1) is 0 Å². The molecule has 2 nitrogen and oxygen atoms in total. The number of hydrogen-bond donors (Lipinski definition) is 0. The van der Waals surface area contributed by atoms with E-state index in [1.807, 2.05) is 18.2 Å². The zero-order valence-electron chi connectivity index (χ0n) is 7.84. The predicted molar refractivity (Wildman–Crippen MR) is 57.0 cm³/mol. The Morgan fingerprint density at radius 3 is 2.38 bits per heavy atom. The Hall–Kier alpha value is -0.700. The molecule has 0 unspecified atom stereocenters. The van der Waals surface area contributed by atoms with Gasteiger partial charge in [0.15, 0.2) is 11.5 Å². The summed E-state index contributed by atoms with van der Waals surface area (Å²) in [7, 11) is 3.29. The number of benzene rings is 1. The zero-order chi connectivity index (χ0) is 9.68. The Morgan fingerprint density at radius 2 is 1.85 bits per heavy atom. The number of halogens is 1.